The van der Waals surface area contributed by atoms with E-state index in [2.05, 4.69) is 23.2 Å². The van der Waals surface area contributed by atoms with E-state index in [1.165, 1.54) is 11.3 Å². The first-order chi connectivity index (χ1) is 12.5. The van der Waals surface area contributed by atoms with Crippen molar-refractivity contribution < 1.29 is 9.47 Å². The first-order valence-electron chi connectivity index (χ1n) is 8.40. The summed E-state index contributed by atoms with van der Waals surface area (Å²) in [6, 6.07) is 14.1. The Labute approximate surface area is 156 Å². The molecule has 132 valence electrons. The highest BCUT2D eigenvalue weighted by molar-refractivity contribution is 7.19. The van der Waals surface area contributed by atoms with Crippen LogP contribution in [0.4, 0.5) is 5.13 Å². The molecule has 0 bridgehead atoms. The summed E-state index contributed by atoms with van der Waals surface area (Å²) in [5, 5.41) is 0.536. The fourth-order valence-corrected chi connectivity index (χ4v) is 3.95. The van der Waals surface area contributed by atoms with Gasteiger partial charge in [0.1, 0.15) is 17.1 Å². The summed E-state index contributed by atoms with van der Waals surface area (Å²) in [6.07, 6.45) is 4.09. The van der Waals surface area contributed by atoms with Crippen LogP contribution in [0.3, 0.4) is 0 Å². The summed E-state index contributed by atoms with van der Waals surface area (Å²) in [5.74, 6) is 1.55. The molecule has 5 heteroatoms. The molecule has 1 aromatic heterocycles. The predicted molar refractivity (Wildman–Crippen MR) is 108 cm³/mol. The molecule has 1 aliphatic heterocycles. The van der Waals surface area contributed by atoms with E-state index in [0.29, 0.717) is 5.13 Å². The Balaban J connectivity index is 1.95. The van der Waals surface area contributed by atoms with Crippen LogP contribution >= 0.6 is 11.3 Å². The second-order valence-electron chi connectivity index (χ2n) is 6.69. The Morgan fingerprint density at radius 1 is 1.12 bits per heavy atom. The van der Waals surface area contributed by atoms with Crippen LogP contribution in [-0.2, 0) is 0 Å². The lowest BCUT2D eigenvalue weighted by Gasteiger charge is -2.30. The van der Waals surface area contributed by atoms with Gasteiger partial charge in [0, 0.05) is 5.56 Å². The van der Waals surface area contributed by atoms with Crippen molar-refractivity contribution in [3.8, 4) is 33.2 Å². The highest BCUT2D eigenvalue weighted by Gasteiger charge is 2.28. The second-order valence-corrected chi connectivity index (χ2v) is 7.72. The maximum atomic E-state index is 6.30. The molecule has 0 aliphatic carbocycles. The topological polar surface area (TPSA) is 57.4 Å². The van der Waals surface area contributed by atoms with Crippen molar-refractivity contribution in [3.63, 3.8) is 0 Å². The molecular formula is C21H20N2O2S. The van der Waals surface area contributed by atoms with Crippen LogP contribution < -0.4 is 15.2 Å². The second kappa shape index (κ2) is 6.18. The van der Waals surface area contributed by atoms with Crippen LogP contribution in [0.25, 0.3) is 27.8 Å². The maximum absolute atomic E-state index is 6.30. The van der Waals surface area contributed by atoms with Crippen molar-refractivity contribution >= 4 is 22.5 Å². The summed E-state index contributed by atoms with van der Waals surface area (Å²) in [4.78, 5) is 5.65. The van der Waals surface area contributed by atoms with Crippen LogP contribution in [0.15, 0.2) is 48.5 Å². The Morgan fingerprint density at radius 3 is 2.62 bits per heavy atom. The number of hydrogen-bond donors (Lipinski definition) is 1. The van der Waals surface area contributed by atoms with Gasteiger partial charge in [-0.15, -0.1) is 0 Å². The number of methoxy groups -OCH3 is 1. The van der Waals surface area contributed by atoms with Crippen LogP contribution in [0.2, 0.25) is 0 Å². The van der Waals surface area contributed by atoms with Gasteiger partial charge < -0.3 is 15.2 Å². The lowest BCUT2D eigenvalue weighted by molar-refractivity contribution is 0.159. The van der Waals surface area contributed by atoms with E-state index >= 15 is 0 Å². The summed E-state index contributed by atoms with van der Waals surface area (Å²) in [6.45, 7) is 4.06. The number of thiazole rings is 1. The van der Waals surface area contributed by atoms with Gasteiger partial charge in [0.05, 0.1) is 23.2 Å². The zero-order chi connectivity index (χ0) is 18.3. The van der Waals surface area contributed by atoms with Crippen molar-refractivity contribution in [2.45, 2.75) is 19.4 Å². The monoisotopic (exact) mass is 364 g/mol. The van der Waals surface area contributed by atoms with Gasteiger partial charge in [-0.2, -0.15) is 0 Å². The molecule has 0 atom stereocenters. The van der Waals surface area contributed by atoms with E-state index in [0.717, 1.165) is 38.8 Å². The Bertz CT molecular complexity index is 991. The van der Waals surface area contributed by atoms with Crippen molar-refractivity contribution in [2.24, 2.45) is 0 Å². The number of fused-ring (bicyclic) bond motifs is 1. The number of benzene rings is 2. The number of nitrogen functional groups attached to an aromatic ring is 1. The molecule has 3 aromatic rings. The third-order valence-corrected chi connectivity index (χ3v) is 5.26. The first kappa shape index (κ1) is 16.7. The van der Waals surface area contributed by atoms with Gasteiger partial charge in [-0.25, -0.2) is 4.98 Å². The van der Waals surface area contributed by atoms with Gasteiger partial charge >= 0.3 is 0 Å². The standard InChI is InChI=1S/C21H20N2O2S/c1-21(2)12-11-14-16(24-3)10-9-15(18(14)25-21)17-19(26-20(22)23-17)13-7-5-4-6-8-13/h4-12H,1-3H3,(H2,22,23). The van der Waals surface area contributed by atoms with E-state index in [4.69, 9.17) is 15.2 Å². The van der Waals surface area contributed by atoms with Gasteiger partial charge in [-0.05, 0) is 43.7 Å². The molecule has 4 nitrogen and oxygen atoms in total. The largest absolute Gasteiger partial charge is 0.496 e. The van der Waals surface area contributed by atoms with Gasteiger partial charge in [0.2, 0.25) is 0 Å². The minimum atomic E-state index is -0.400. The van der Waals surface area contributed by atoms with E-state index < -0.39 is 5.60 Å². The van der Waals surface area contributed by atoms with Crippen LogP contribution in [0.5, 0.6) is 11.5 Å². The van der Waals surface area contributed by atoms with Gasteiger partial charge in [0.15, 0.2) is 5.13 Å². The van der Waals surface area contributed by atoms with E-state index in [1.54, 1.807) is 7.11 Å². The number of nitrogens with two attached hydrogens (primary N) is 1. The zero-order valence-electron chi connectivity index (χ0n) is 14.9. The lowest BCUT2D eigenvalue weighted by Crippen LogP contribution is -2.28. The van der Waals surface area contributed by atoms with Crippen LogP contribution in [0.1, 0.15) is 19.4 Å². The van der Waals surface area contributed by atoms with E-state index in [-0.39, 0.29) is 0 Å². The van der Waals surface area contributed by atoms with Crippen molar-refractivity contribution in [2.75, 3.05) is 12.8 Å². The van der Waals surface area contributed by atoms with Crippen molar-refractivity contribution in [1.82, 2.24) is 4.98 Å². The number of hydrogen-bond acceptors (Lipinski definition) is 5. The number of rotatable bonds is 3. The molecule has 0 spiro atoms. The molecule has 26 heavy (non-hydrogen) atoms. The first-order valence-corrected chi connectivity index (χ1v) is 9.21. The number of ether oxygens (including phenoxy) is 2. The molecule has 0 amide bonds. The SMILES string of the molecule is COc1ccc(-c2nc(N)sc2-c2ccccc2)c2c1C=CC(C)(C)O2. The molecule has 0 saturated carbocycles. The Kier molecular flexibility index (Phi) is 3.96. The smallest absolute Gasteiger partial charge is 0.181 e. The van der Waals surface area contributed by atoms with Crippen molar-refractivity contribution in [1.29, 1.82) is 0 Å². The molecular weight excluding hydrogens is 344 g/mol. The lowest BCUT2D eigenvalue weighted by atomic mass is 9.96. The zero-order valence-corrected chi connectivity index (χ0v) is 15.8. The summed E-state index contributed by atoms with van der Waals surface area (Å²) in [5.41, 5.74) is 9.44. The van der Waals surface area contributed by atoms with Gasteiger partial charge in [-0.3, -0.25) is 0 Å². The molecule has 0 saturated heterocycles. The number of anilines is 1. The number of aromatic nitrogens is 1. The normalized spacial score (nSPS) is 14.6. The highest BCUT2D eigenvalue weighted by Crippen LogP contribution is 2.47. The van der Waals surface area contributed by atoms with E-state index in [9.17, 15) is 0 Å². The minimum absolute atomic E-state index is 0.400. The van der Waals surface area contributed by atoms with Gasteiger partial charge in [0.25, 0.3) is 0 Å². The molecule has 0 radical (unpaired) electrons. The molecule has 0 fully saturated rings. The molecule has 4 rings (SSSR count). The quantitative estimate of drug-likeness (QED) is 0.689. The minimum Gasteiger partial charge on any atom is -0.496 e. The molecule has 1 aliphatic rings. The third-order valence-electron chi connectivity index (χ3n) is 4.33. The molecule has 2 aromatic carbocycles. The highest BCUT2D eigenvalue weighted by atomic mass is 32.1. The van der Waals surface area contributed by atoms with E-state index in [1.807, 2.05) is 50.3 Å². The van der Waals surface area contributed by atoms with Crippen molar-refractivity contribution in [3.05, 3.63) is 54.1 Å². The molecule has 2 heterocycles. The Hall–Kier alpha value is -2.79. The summed E-state index contributed by atoms with van der Waals surface area (Å²) >= 11 is 1.48. The molecule has 0 unspecified atom stereocenters. The van der Waals surface area contributed by atoms with Crippen LogP contribution in [0, 0.1) is 0 Å². The number of nitrogens with zero attached hydrogens (tertiary/aromatic N) is 1. The molecule has 2 N–H and O–H groups in total. The van der Waals surface area contributed by atoms with Gasteiger partial charge in [-0.1, -0.05) is 41.7 Å². The predicted octanol–water partition coefficient (Wildman–Crippen LogP) is 5.25. The summed E-state index contributed by atoms with van der Waals surface area (Å²) in [7, 11) is 1.67. The summed E-state index contributed by atoms with van der Waals surface area (Å²) < 4.78 is 11.8. The average Bonchev–Trinajstić information content (AvgIpc) is 3.02. The fourth-order valence-electron chi connectivity index (χ4n) is 3.10. The van der Waals surface area contributed by atoms with Crippen LogP contribution in [-0.4, -0.2) is 17.7 Å². The average molecular weight is 364 g/mol. The maximum Gasteiger partial charge on any atom is 0.181 e. The fraction of sp³-hybridized carbons (Fsp3) is 0.190. The Morgan fingerprint density at radius 2 is 1.88 bits per heavy atom. The third kappa shape index (κ3) is 2.84.